The lowest BCUT2D eigenvalue weighted by Gasteiger charge is -2.38. The van der Waals surface area contributed by atoms with Gasteiger partial charge in [-0.25, -0.2) is 19.9 Å². The summed E-state index contributed by atoms with van der Waals surface area (Å²) in [5, 5.41) is 3.47. The first-order valence-corrected chi connectivity index (χ1v) is 16.0. The Kier molecular flexibility index (Phi) is 5.04. The molecule has 0 amide bonds. The van der Waals surface area contributed by atoms with Gasteiger partial charge in [0.15, 0.2) is 11.6 Å². The SMILES string of the molecule is c1ccc(N2c3cc(-c4ncccn4)cc4c3B(c3nccnc32)c2cccc3c5c6cccnc6n(-c6ccccc6)c5n-4c23)cc1. The van der Waals surface area contributed by atoms with Crippen LogP contribution in [0.1, 0.15) is 0 Å². The highest BCUT2D eigenvalue weighted by Crippen LogP contribution is 2.44. The van der Waals surface area contributed by atoms with E-state index in [0.717, 1.165) is 61.9 Å². The van der Waals surface area contributed by atoms with Crippen LogP contribution in [0.15, 0.2) is 140 Å². The first kappa shape index (κ1) is 25.6. The molecular formula is C39H23BN8. The van der Waals surface area contributed by atoms with Crippen LogP contribution in [0.3, 0.4) is 0 Å². The maximum absolute atomic E-state index is 5.07. The summed E-state index contributed by atoms with van der Waals surface area (Å²) in [6.45, 7) is -0.130. The summed E-state index contributed by atoms with van der Waals surface area (Å²) in [6, 6.07) is 38.1. The number of rotatable bonds is 3. The van der Waals surface area contributed by atoms with Crippen LogP contribution >= 0.6 is 0 Å². The number of hydrogen-bond acceptors (Lipinski definition) is 6. The second-order valence-electron chi connectivity index (χ2n) is 12.2. The first-order valence-electron chi connectivity index (χ1n) is 16.0. The molecule has 48 heavy (non-hydrogen) atoms. The molecule has 0 radical (unpaired) electrons. The van der Waals surface area contributed by atoms with Gasteiger partial charge in [0, 0.05) is 75.5 Å². The molecule has 7 heterocycles. The summed E-state index contributed by atoms with van der Waals surface area (Å²) in [7, 11) is 0. The summed E-state index contributed by atoms with van der Waals surface area (Å²) in [4.78, 5) is 26.7. The van der Waals surface area contributed by atoms with Crippen molar-refractivity contribution >= 4 is 73.4 Å². The molecule has 0 bridgehead atoms. The zero-order chi connectivity index (χ0) is 31.3. The Bertz CT molecular complexity index is 2740. The minimum absolute atomic E-state index is 0.130. The second-order valence-corrected chi connectivity index (χ2v) is 12.2. The van der Waals surface area contributed by atoms with Gasteiger partial charge in [-0.15, -0.1) is 0 Å². The van der Waals surface area contributed by atoms with Crippen molar-refractivity contribution in [3.63, 3.8) is 0 Å². The van der Waals surface area contributed by atoms with E-state index in [1.54, 1.807) is 18.6 Å². The van der Waals surface area contributed by atoms with E-state index in [1.807, 2.05) is 30.6 Å². The molecule has 0 atom stereocenters. The van der Waals surface area contributed by atoms with Gasteiger partial charge in [-0.2, -0.15) is 0 Å². The molecular weight excluding hydrogens is 591 g/mol. The Balaban J connectivity index is 1.38. The number of pyridine rings is 1. The summed E-state index contributed by atoms with van der Waals surface area (Å²) in [5.74, 6) is 1.48. The third-order valence-electron chi connectivity index (χ3n) is 9.74. The van der Waals surface area contributed by atoms with Crippen molar-refractivity contribution in [2.45, 2.75) is 0 Å². The van der Waals surface area contributed by atoms with Crippen LogP contribution in [0.5, 0.6) is 0 Å². The number of anilines is 3. The molecule has 222 valence electrons. The molecule has 2 aliphatic heterocycles. The number of hydrogen-bond donors (Lipinski definition) is 0. The predicted octanol–water partition coefficient (Wildman–Crippen LogP) is 5.98. The van der Waals surface area contributed by atoms with Crippen molar-refractivity contribution in [2.75, 3.05) is 4.90 Å². The molecule has 0 aliphatic carbocycles. The minimum Gasteiger partial charge on any atom is -0.296 e. The molecule has 2 aliphatic rings. The fourth-order valence-electron chi connectivity index (χ4n) is 7.96. The molecule has 0 N–H and O–H groups in total. The smallest absolute Gasteiger partial charge is 0.277 e. The van der Waals surface area contributed by atoms with Crippen molar-refractivity contribution in [1.82, 2.24) is 34.1 Å². The predicted molar refractivity (Wildman–Crippen MR) is 191 cm³/mol. The largest absolute Gasteiger partial charge is 0.296 e. The van der Waals surface area contributed by atoms with E-state index in [0.29, 0.717) is 5.82 Å². The van der Waals surface area contributed by atoms with E-state index in [9.17, 15) is 0 Å². The summed E-state index contributed by atoms with van der Waals surface area (Å²) >= 11 is 0. The minimum atomic E-state index is -0.130. The quantitative estimate of drug-likeness (QED) is 0.228. The average Bonchev–Trinajstić information content (AvgIpc) is 3.68. The van der Waals surface area contributed by atoms with Crippen LogP contribution in [0.2, 0.25) is 0 Å². The molecule has 4 aromatic carbocycles. The Morgan fingerprint density at radius 2 is 1.27 bits per heavy atom. The lowest BCUT2D eigenvalue weighted by atomic mass is 9.35. The van der Waals surface area contributed by atoms with E-state index in [1.165, 1.54) is 21.7 Å². The summed E-state index contributed by atoms with van der Waals surface area (Å²) in [6.07, 6.45) is 9.07. The van der Waals surface area contributed by atoms with Crippen molar-refractivity contribution in [3.8, 4) is 22.8 Å². The third kappa shape index (κ3) is 3.26. The van der Waals surface area contributed by atoms with Crippen molar-refractivity contribution < 1.29 is 0 Å². The number of aromatic nitrogens is 7. The van der Waals surface area contributed by atoms with E-state index in [-0.39, 0.29) is 6.71 Å². The molecule has 5 aromatic heterocycles. The van der Waals surface area contributed by atoms with Gasteiger partial charge >= 0.3 is 0 Å². The summed E-state index contributed by atoms with van der Waals surface area (Å²) < 4.78 is 4.75. The fourth-order valence-corrected chi connectivity index (χ4v) is 7.96. The Hall–Kier alpha value is -6.61. The van der Waals surface area contributed by atoms with Crippen LogP contribution in [-0.4, -0.2) is 40.8 Å². The lowest BCUT2D eigenvalue weighted by Crippen LogP contribution is -2.61. The van der Waals surface area contributed by atoms with Gasteiger partial charge in [-0.1, -0.05) is 54.6 Å². The zero-order valence-corrected chi connectivity index (χ0v) is 25.4. The lowest BCUT2D eigenvalue weighted by molar-refractivity contribution is 1.05. The van der Waals surface area contributed by atoms with Gasteiger partial charge in [-0.05, 0) is 65.5 Å². The number of fused-ring (bicyclic) bond motifs is 9. The van der Waals surface area contributed by atoms with Gasteiger partial charge in [0.2, 0.25) is 0 Å². The topological polar surface area (TPSA) is 77.6 Å². The molecule has 0 saturated heterocycles. The normalized spacial score (nSPS) is 12.9. The third-order valence-corrected chi connectivity index (χ3v) is 9.74. The Morgan fingerprint density at radius 1 is 0.542 bits per heavy atom. The van der Waals surface area contributed by atoms with E-state index in [2.05, 4.69) is 105 Å². The number of para-hydroxylation sites is 3. The highest BCUT2D eigenvalue weighted by atomic mass is 15.2. The van der Waals surface area contributed by atoms with E-state index < -0.39 is 0 Å². The van der Waals surface area contributed by atoms with Gasteiger partial charge in [0.1, 0.15) is 11.3 Å². The van der Waals surface area contributed by atoms with Gasteiger partial charge in [-0.3, -0.25) is 19.0 Å². The molecule has 0 saturated carbocycles. The van der Waals surface area contributed by atoms with E-state index in [4.69, 9.17) is 24.9 Å². The van der Waals surface area contributed by atoms with E-state index >= 15 is 0 Å². The standard InChI is InChI=1S/C39H23BN8/c1-3-10-25(11-4-1)46-30-22-24(36-42-18-9-19-43-36)23-31-33(30)40(35-38(46)45-21-20-41-35)29-16-7-14-27-32-28-15-8-17-44-37(28)47(26-12-5-2-6-13-26)39(32)48(31)34(27)29/h1-23H. The van der Waals surface area contributed by atoms with Crippen LogP contribution in [0.4, 0.5) is 17.2 Å². The van der Waals surface area contributed by atoms with Gasteiger partial charge < -0.3 is 0 Å². The maximum atomic E-state index is 5.07. The van der Waals surface area contributed by atoms with Crippen molar-refractivity contribution in [1.29, 1.82) is 0 Å². The average molecular weight is 614 g/mol. The van der Waals surface area contributed by atoms with Crippen molar-refractivity contribution in [3.05, 3.63) is 140 Å². The Morgan fingerprint density at radius 3 is 2.10 bits per heavy atom. The fraction of sp³-hybridized carbons (Fsp3) is 0. The molecule has 0 fully saturated rings. The number of benzene rings is 4. The van der Waals surface area contributed by atoms with Crippen LogP contribution in [-0.2, 0) is 0 Å². The van der Waals surface area contributed by atoms with Crippen LogP contribution in [0.25, 0.3) is 55.7 Å². The molecule has 9 aromatic rings. The van der Waals surface area contributed by atoms with Crippen LogP contribution < -0.4 is 21.4 Å². The summed E-state index contributed by atoms with van der Waals surface area (Å²) in [5.41, 5.74) is 11.5. The maximum Gasteiger partial charge on any atom is 0.277 e. The molecule has 11 rings (SSSR count). The van der Waals surface area contributed by atoms with Crippen LogP contribution in [0, 0.1) is 0 Å². The molecule has 0 unspecified atom stereocenters. The van der Waals surface area contributed by atoms with Crippen molar-refractivity contribution in [2.24, 2.45) is 0 Å². The molecule has 9 heteroatoms. The second kappa shape index (κ2) is 9.46. The molecule has 0 spiro atoms. The first-order chi connectivity index (χ1) is 23.9. The highest BCUT2D eigenvalue weighted by molar-refractivity contribution is 6.99. The van der Waals surface area contributed by atoms with Gasteiger partial charge in [0.25, 0.3) is 6.71 Å². The monoisotopic (exact) mass is 614 g/mol. The van der Waals surface area contributed by atoms with Gasteiger partial charge in [0.05, 0.1) is 11.1 Å². The molecule has 8 nitrogen and oxygen atoms in total. The zero-order valence-electron chi connectivity index (χ0n) is 25.4. The number of nitrogens with zero attached hydrogens (tertiary/aromatic N) is 8. The highest BCUT2D eigenvalue weighted by Gasteiger charge is 2.44. The Labute approximate surface area is 274 Å².